The Hall–Kier alpha value is -2.47. The fourth-order valence-corrected chi connectivity index (χ4v) is 4.12. The number of hydrogen-bond acceptors (Lipinski definition) is 5. The van der Waals surface area contributed by atoms with Crippen LogP contribution in [0.25, 0.3) is 11.4 Å². The molecule has 2 aromatic carbocycles. The molecule has 0 fully saturated rings. The van der Waals surface area contributed by atoms with Crippen LogP contribution < -0.4 is 0 Å². The molecular weight excluding hydrogens is 334 g/mol. The van der Waals surface area contributed by atoms with Crippen LogP contribution in [0.1, 0.15) is 30.0 Å². The minimum absolute atomic E-state index is 0.00500. The lowest BCUT2D eigenvalue weighted by atomic mass is 9.87. The van der Waals surface area contributed by atoms with Crippen LogP contribution in [0.15, 0.2) is 47.6 Å². The molecule has 1 atom stereocenters. The Bertz CT molecular complexity index is 923. The molecule has 0 saturated heterocycles. The maximum absolute atomic E-state index is 10.3. The first-order chi connectivity index (χ1) is 12.2. The van der Waals surface area contributed by atoms with Gasteiger partial charge in [-0.05, 0) is 48.8 Å². The Morgan fingerprint density at radius 3 is 2.76 bits per heavy atom. The van der Waals surface area contributed by atoms with Crippen molar-refractivity contribution in [2.45, 2.75) is 30.5 Å². The third-order valence-corrected chi connectivity index (χ3v) is 5.36. The van der Waals surface area contributed by atoms with Gasteiger partial charge in [-0.3, -0.25) is 4.57 Å². The highest BCUT2D eigenvalue weighted by atomic mass is 32.2. The van der Waals surface area contributed by atoms with Crippen LogP contribution in [0, 0.1) is 0 Å². The molecule has 0 amide bonds. The molecule has 1 aliphatic carbocycles. The van der Waals surface area contributed by atoms with Gasteiger partial charge >= 0.3 is 0 Å². The molecule has 1 heterocycles. The predicted octanol–water partition coefficient (Wildman–Crippen LogP) is 4.00. The summed E-state index contributed by atoms with van der Waals surface area (Å²) in [5.74, 6) is 0.661. The van der Waals surface area contributed by atoms with Gasteiger partial charge in [0.05, 0.1) is 11.6 Å². The lowest BCUT2D eigenvalue weighted by molar-refractivity contribution is 0.448. The van der Waals surface area contributed by atoms with Crippen LogP contribution in [0.3, 0.4) is 0 Å². The Kier molecular flexibility index (Phi) is 4.13. The molecule has 4 rings (SSSR count). The quantitative estimate of drug-likeness (QED) is 0.696. The molecule has 6 heteroatoms. The number of aromatic nitrogens is 3. The van der Waals surface area contributed by atoms with Gasteiger partial charge in [-0.25, -0.2) is 0 Å². The highest BCUT2D eigenvalue weighted by Crippen LogP contribution is 2.40. The fourth-order valence-electron chi connectivity index (χ4n) is 3.59. The highest BCUT2D eigenvalue weighted by molar-refractivity contribution is 7.98. The zero-order valence-electron chi connectivity index (χ0n) is 13.9. The minimum atomic E-state index is 0.00500. The summed E-state index contributed by atoms with van der Waals surface area (Å²) < 4.78 is 2.12. The largest absolute Gasteiger partial charge is 0.508 e. The van der Waals surface area contributed by atoms with Crippen molar-refractivity contribution < 1.29 is 10.2 Å². The molecule has 1 aliphatic rings. The molecule has 25 heavy (non-hydrogen) atoms. The highest BCUT2D eigenvalue weighted by Gasteiger charge is 2.27. The number of thioether (sulfide) groups is 1. The van der Waals surface area contributed by atoms with E-state index in [1.54, 1.807) is 23.9 Å². The molecule has 1 aromatic heterocycles. The van der Waals surface area contributed by atoms with Crippen LogP contribution in [0.5, 0.6) is 11.5 Å². The zero-order valence-corrected chi connectivity index (χ0v) is 14.7. The van der Waals surface area contributed by atoms with Gasteiger partial charge < -0.3 is 10.2 Å². The molecule has 3 aromatic rings. The SMILES string of the molecule is CSc1nnc(-c2ccc(O)cc2O)n1C1CCCc2ccccc21. The number of rotatable bonds is 3. The van der Waals surface area contributed by atoms with Gasteiger partial charge in [0.1, 0.15) is 11.5 Å². The molecule has 1 unspecified atom stereocenters. The van der Waals surface area contributed by atoms with Crippen LogP contribution in [0.4, 0.5) is 0 Å². The lowest BCUT2D eigenvalue weighted by Gasteiger charge is -2.28. The average Bonchev–Trinajstić information content (AvgIpc) is 3.04. The third-order valence-electron chi connectivity index (χ3n) is 4.72. The van der Waals surface area contributed by atoms with Gasteiger partial charge in [-0.1, -0.05) is 36.0 Å². The minimum Gasteiger partial charge on any atom is -0.508 e. The second-order valence-corrected chi connectivity index (χ2v) is 6.96. The van der Waals surface area contributed by atoms with E-state index >= 15 is 0 Å². The Balaban J connectivity index is 1.90. The predicted molar refractivity (Wildman–Crippen MR) is 98.1 cm³/mol. The van der Waals surface area contributed by atoms with E-state index in [1.165, 1.54) is 17.2 Å². The summed E-state index contributed by atoms with van der Waals surface area (Å²) >= 11 is 1.55. The first-order valence-corrected chi connectivity index (χ1v) is 9.50. The molecular formula is C19H19N3O2S. The average molecular weight is 353 g/mol. The van der Waals surface area contributed by atoms with Crippen molar-refractivity contribution in [2.24, 2.45) is 0 Å². The van der Waals surface area contributed by atoms with Crippen LogP contribution in [-0.2, 0) is 6.42 Å². The van der Waals surface area contributed by atoms with E-state index in [4.69, 9.17) is 0 Å². The fraction of sp³-hybridized carbons (Fsp3) is 0.263. The number of benzene rings is 2. The molecule has 0 spiro atoms. The van der Waals surface area contributed by atoms with Crippen molar-refractivity contribution in [1.82, 2.24) is 14.8 Å². The smallest absolute Gasteiger partial charge is 0.191 e. The normalized spacial score (nSPS) is 16.6. The van der Waals surface area contributed by atoms with E-state index in [9.17, 15) is 10.2 Å². The standard InChI is InChI=1S/C19H19N3O2S/c1-25-19-21-20-18(15-10-9-13(23)11-17(15)24)22(19)16-8-4-6-12-5-2-3-7-14(12)16/h2-3,5,7,9-11,16,23-24H,4,6,8H2,1H3. The number of phenolic OH excluding ortho intramolecular Hbond substituents is 2. The number of aromatic hydroxyl groups is 2. The van der Waals surface area contributed by atoms with E-state index in [0.29, 0.717) is 11.4 Å². The maximum Gasteiger partial charge on any atom is 0.191 e. The summed E-state index contributed by atoms with van der Waals surface area (Å²) in [7, 11) is 0. The third kappa shape index (κ3) is 2.76. The summed E-state index contributed by atoms with van der Waals surface area (Å²) in [5.41, 5.74) is 3.23. The first kappa shape index (κ1) is 16.0. The van der Waals surface area contributed by atoms with Crippen molar-refractivity contribution in [2.75, 3.05) is 6.26 Å². The number of nitrogens with zero attached hydrogens (tertiary/aromatic N) is 3. The van der Waals surface area contributed by atoms with Crippen LogP contribution in [0.2, 0.25) is 0 Å². The second-order valence-electron chi connectivity index (χ2n) is 6.19. The van der Waals surface area contributed by atoms with Crippen molar-refractivity contribution in [3.05, 3.63) is 53.6 Å². The zero-order chi connectivity index (χ0) is 17.4. The number of fused-ring (bicyclic) bond motifs is 1. The summed E-state index contributed by atoms with van der Waals surface area (Å²) in [6, 6.07) is 13.2. The molecule has 0 radical (unpaired) electrons. The van der Waals surface area contributed by atoms with Gasteiger partial charge in [0.25, 0.3) is 0 Å². The van der Waals surface area contributed by atoms with Crippen LogP contribution >= 0.6 is 11.8 Å². The molecule has 2 N–H and O–H groups in total. The maximum atomic E-state index is 10.3. The molecule has 128 valence electrons. The van der Waals surface area contributed by atoms with E-state index < -0.39 is 0 Å². The summed E-state index contributed by atoms with van der Waals surface area (Å²) in [6.45, 7) is 0. The van der Waals surface area contributed by atoms with Gasteiger partial charge in [-0.2, -0.15) is 0 Å². The van der Waals surface area contributed by atoms with Gasteiger partial charge in [0.15, 0.2) is 11.0 Å². The van der Waals surface area contributed by atoms with Gasteiger partial charge in [0.2, 0.25) is 0 Å². The second kappa shape index (κ2) is 6.44. The van der Waals surface area contributed by atoms with Gasteiger partial charge in [0, 0.05) is 6.07 Å². The lowest BCUT2D eigenvalue weighted by Crippen LogP contribution is -2.19. The van der Waals surface area contributed by atoms with E-state index in [0.717, 1.165) is 24.4 Å². The number of hydrogen-bond donors (Lipinski definition) is 2. The van der Waals surface area contributed by atoms with Crippen molar-refractivity contribution >= 4 is 11.8 Å². The Morgan fingerprint density at radius 2 is 1.96 bits per heavy atom. The number of aryl methyl sites for hydroxylation is 1. The topological polar surface area (TPSA) is 71.2 Å². The molecule has 0 saturated carbocycles. The van der Waals surface area contributed by atoms with Crippen LogP contribution in [-0.4, -0.2) is 31.2 Å². The van der Waals surface area contributed by atoms with Crippen molar-refractivity contribution in [3.63, 3.8) is 0 Å². The van der Waals surface area contributed by atoms with E-state index in [-0.39, 0.29) is 17.5 Å². The first-order valence-electron chi connectivity index (χ1n) is 8.28. The molecule has 0 aliphatic heterocycles. The van der Waals surface area contributed by atoms with E-state index in [1.807, 2.05) is 6.26 Å². The summed E-state index contributed by atoms with van der Waals surface area (Å²) in [5, 5.41) is 29.4. The van der Waals surface area contributed by atoms with E-state index in [2.05, 4.69) is 39.0 Å². The monoisotopic (exact) mass is 353 g/mol. The summed E-state index contributed by atoms with van der Waals surface area (Å²) in [4.78, 5) is 0. The number of phenols is 2. The van der Waals surface area contributed by atoms with Crippen molar-refractivity contribution in [1.29, 1.82) is 0 Å². The molecule has 5 nitrogen and oxygen atoms in total. The summed E-state index contributed by atoms with van der Waals surface area (Å²) in [6.07, 6.45) is 5.18. The Labute approximate surface area is 150 Å². The Morgan fingerprint density at radius 1 is 1.12 bits per heavy atom. The van der Waals surface area contributed by atoms with Crippen molar-refractivity contribution in [3.8, 4) is 22.9 Å². The van der Waals surface area contributed by atoms with Gasteiger partial charge in [-0.15, -0.1) is 10.2 Å². The molecule has 0 bridgehead atoms.